The summed E-state index contributed by atoms with van der Waals surface area (Å²) in [7, 11) is 2.08. The molecule has 2 aromatic rings. The summed E-state index contributed by atoms with van der Waals surface area (Å²) >= 11 is 1.36. The lowest BCUT2D eigenvalue weighted by atomic mass is 10.1. The first-order valence-electron chi connectivity index (χ1n) is 8.38. The molecule has 134 valence electrons. The minimum absolute atomic E-state index is 0.194. The zero-order chi connectivity index (χ0) is 18.2. The molecule has 25 heavy (non-hydrogen) atoms. The van der Waals surface area contributed by atoms with Gasteiger partial charge in [0, 0.05) is 13.1 Å². The maximum absolute atomic E-state index is 12.2. The van der Waals surface area contributed by atoms with E-state index in [-0.39, 0.29) is 11.8 Å². The highest BCUT2D eigenvalue weighted by Crippen LogP contribution is 2.09. The topological polar surface area (TPSA) is 61.4 Å². The highest BCUT2D eigenvalue weighted by molar-refractivity contribution is 7.12. The highest BCUT2D eigenvalue weighted by Gasteiger charge is 2.16. The van der Waals surface area contributed by atoms with Gasteiger partial charge in [0.05, 0.1) is 4.88 Å². The van der Waals surface area contributed by atoms with Crippen molar-refractivity contribution in [1.29, 1.82) is 0 Å². The average molecular weight is 359 g/mol. The van der Waals surface area contributed by atoms with Crippen LogP contribution in [0.3, 0.4) is 0 Å². The summed E-state index contributed by atoms with van der Waals surface area (Å²) < 4.78 is 0. The van der Waals surface area contributed by atoms with E-state index >= 15 is 0 Å². The molecule has 0 aliphatic carbocycles. The van der Waals surface area contributed by atoms with E-state index in [2.05, 4.69) is 41.6 Å². The molecule has 1 atom stereocenters. The lowest BCUT2D eigenvalue weighted by Crippen LogP contribution is -2.44. The zero-order valence-electron chi connectivity index (χ0n) is 14.9. The number of hydrogen-bond donors (Lipinski definition) is 2. The molecule has 0 fully saturated rings. The van der Waals surface area contributed by atoms with Crippen LogP contribution in [-0.4, -0.2) is 36.3 Å². The standard InChI is InChI=1S/C19H25N3O2S/c1-4-22(3)13-16-8-5-7-15(11-16)12-20-18(23)14(2)21-19(24)17-9-6-10-25-17/h5-11,14H,4,12-13H2,1-3H3,(H,20,23)(H,21,24)/t14-/m0/s1. The van der Waals surface area contributed by atoms with Crippen molar-refractivity contribution in [1.82, 2.24) is 15.5 Å². The van der Waals surface area contributed by atoms with E-state index in [1.807, 2.05) is 23.6 Å². The molecular formula is C19H25N3O2S. The number of hydrogen-bond acceptors (Lipinski definition) is 4. The largest absolute Gasteiger partial charge is 0.350 e. The Bertz CT molecular complexity index is 700. The van der Waals surface area contributed by atoms with Crippen LogP contribution in [0.1, 0.15) is 34.6 Å². The lowest BCUT2D eigenvalue weighted by molar-refractivity contribution is -0.122. The van der Waals surface area contributed by atoms with Crippen LogP contribution >= 0.6 is 11.3 Å². The maximum atomic E-state index is 12.2. The van der Waals surface area contributed by atoms with Crippen LogP contribution in [0.25, 0.3) is 0 Å². The number of benzene rings is 1. The first-order valence-corrected chi connectivity index (χ1v) is 9.26. The molecule has 2 amide bonds. The number of carbonyl (C=O) groups is 2. The summed E-state index contributed by atoms with van der Waals surface area (Å²) in [6.45, 7) is 6.12. The van der Waals surface area contributed by atoms with E-state index in [9.17, 15) is 9.59 Å². The van der Waals surface area contributed by atoms with Gasteiger partial charge in [-0.15, -0.1) is 11.3 Å². The average Bonchev–Trinajstić information content (AvgIpc) is 3.14. The smallest absolute Gasteiger partial charge is 0.261 e. The van der Waals surface area contributed by atoms with Gasteiger partial charge in [0.1, 0.15) is 6.04 Å². The van der Waals surface area contributed by atoms with Gasteiger partial charge in [-0.2, -0.15) is 0 Å². The van der Waals surface area contributed by atoms with E-state index in [1.165, 1.54) is 16.9 Å². The minimum atomic E-state index is -0.580. The van der Waals surface area contributed by atoms with Crippen molar-refractivity contribution in [2.24, 2.45) is 0 Å². The lowest BCUT2D eigenvalue weighted by Gasteiger charge is -2.16. The Hall–Kier alpha value is -2.18. The molecule has 0 spiro atoms. The van der Waals surface area contributed by atoms with Gasteiger partial charge >= 0.3 is 0 Å². The van der Waals surface area contributed by atoms with Gasteiger partial charge < -0.3 is 15.5 Å². The predicted octanol–water partition coefficient (Wildman–Crippen LogP) is 2.63. The molecule has 1 aromatic heterocycles. The fourth-order valence-corrected chi connectivity index (χ4v) is 2.97. The Balaban J connectivity index is 1.84. The van der Waals surface area contributed by atoms with Crippen LogP contribution in [0.15, 0.2) is 41.8 Å². The quantitative estimate of drug-likeness (QED) is 0.762. The third-order valence-electron chi connectivity index (χ3n) is 3.94. The van der Waals surface area contributed by atoms with Gasteiger partial charge in [0.15, 0.2) is 0 Å². The molecule has 0 saturated heterocycles. The predicted molar refractivity (Wildman–Crippen MR) is 102 cm³/mol. The van der Waals surface area contributed by atoms with Crippen LogP contribution in [0.2, 0.25) is 0 Å². The van der Waals surface area contributed by atoms with Crippen molar-refractivity contribution in [3.63, 3.8) is 0 Å². The van der Waals surface area contributed by atoms with Crippen LogP contribution in [-0.2, 0) is 17.9 Å². The summed E-state index contributed by atoms with van der Waals surface area (Å²) in [5.41, 5.74) is 2.27. The van der Waals surface area contributed by atoms with E-state index in [4.69, 9.17) is 0 Å². The monoisotopic (exact) mass is 359 g/mol. The highest BCUT2D eigenvalue weighted by atomic mass is 32.1. The molecule has 6 heteroatoms. The summed E-state index contributed by atoms with van der Waals surface area (Å²) in [6.07, 6.45) is 0. The van der Waals surface area contributed by atoms with Crippen LogP contribution in [0, 0.1) is 0 Å². The van der Waals surface area contributed by atoms with Crippen molar-refractivity contribution in [2.75, 3.05) is 13.6 Å². The second-order valence-corrected chi connectivity index (χ2v) is 6.99. The summed E-state index contributed by atoms with van der Waals surface area (Å²) in [5.74, 6) is -0.414. The second-order valence-electron chi connectivity index (χ2n) is 6.04. The molecule has 1 heterocycles. The van der Waals surface area contributed by atoms with Gasteiger partial charge in [0.25, 0.3) is 5.91 Å². The van der Waals surface area contributed by atoms with Crippen LogP contribution in [0.5, 0.6) is 0 Å². The molecule has 0 bridgehead atoms. The molecule has 2 N–H and O–H groups in total. The normalized spacial score (nSPS) is 12.0. The molecule has 0 saturated carbocycles. The Morgan fingerprint density at radius 2 is 1.96 bits per heavy atom. The van der Waals surface area contributed by atoms with Crippen LogP contribution in [0.4, 0.5) is 0 Å². The number of amides is 2. The minimum Gasteiger partial charge on any atom is -0.350 e. The molecule has 0 unspecified atom stereocenters. The zero-order valence-corrected chi connectivity index (χ0v) is 15.7. The molecule has 5 nitrogen and oxygen atoms in total. The van der Waals surface area contributed by atoms with Crippen molar-refractivity contribution in [3.8, 4) is 0 Å². The molecular weight excluding hydrogens is 334 g/mol. The van der Waals surface area contributed by atoms with Crippen molar-refractivity contribution in [3.05, 3.63) is 57.8 Å². The van der Waals surface area contributed by atoms with Gasteiger partial charge in [-0.05, 0) is 43.1 Å². The SMILES string of the molecule is CCN(C)Cc1cccc(CNC(=O)[C@H](C)NC(=O)c2cccs2)c1. The maximum Gasteiger partial charge on any atom is 0.261 e. The number of thiophene rings is 1. The van der Waals surface area contributed by atoms with Gasteiger partial charge in [-0.1, -0.05) is 37.3 Å². The summed E-state index contributed by atoms with van der Waals surface area (Å²) in [6, 6.07) is 11.1. The first-order chi connectivity index (χ1) is 12.0. The molecule has 2 rings (SSSR count). The first kappa shape index (κ1) is 19.1. The van der Waals surface area contributed by atoms with Crippen molar-refractivity contribution < 1.29 is 9.59 Å². The van der Waals surface area contributed by atoms with Crippen molar-refractivity contribution >= 4 is 23.2 Å². The fraction of sp³-hybridized carbons (Fsp3) is 0.368. The molecule has 0 aliphatic rings. The van der Waals surface area contributed by atoms with Gasteiger partial charge in [0.2, 0.25) is 5.91 Å². The second kappa shape index (κ2) is 9.34. The third kappa shape index (κ3) is 5.99. The van der Waals surface area contributed by atoms with Crippen molar-refractivity contribution in [2.45, 2.75) is 33.0 Å². The van der Waals surface area contributed by atoms with E-state index in [0.717, 1.165) is 18.7 Å². The summed E-state index contributed by atoms with van der Waals surface area (Å²) in [4.78, 5) is 27.0. The summed E-state index contributed by atoms with van der Waals surface area (Å²) in [5, 5.41) is 7.43. The number of carbonyl (C=O) groups excluding carboxylic acids is 2. The number of rotatable bonds is 8. The number of nitrogens with zero attached hydrogens (tertiary/aromatic N) is 1. The van der Waals surface area contributed by atoms with E-state index in [0.29, 0.717) is 11.4 Å². The Morgan fingerprint density at radius 3 is 2.64 bits per heavy atom. The van der Waals surface area contributed by atoms with Gasteiger partial charge in [-0.25, -0.2) is 0 Å². The third-order valence-corrected chi connectivity index (χ3v) is 4.80. The van der Waals surface area contributed by atoms with Crippen LogP contribution < -0.4 is 10.6 Å². The Labute approximate surface area is 153 Å². The van der Waals surface area contributed by atoms with E-state index < -0.39 is 6.04 Å². The molecule has 0 radical (unpaired) electrons. The molecule has 0 aliphatic heterocycles. The van der Waals surface area contributed by atoms with E-state index in [1.54, 1.807) is 13.0 Å². The fourth-order valence-electron chi connectivity index (χ4n) is 2.34. The Kier molecular flexibility index (Phi) is 7.16. The van der Waals surface area contributed by atoms with Gasteiger partial charge in [-0.3, -0.25) is 9.59 Å². The molecule has 1 aromatic carbocycles. The Morgan fingerprint density at radius 1 is 1.20 bits per heavy atom. The number of nitrogens with one attached hydrogen (secondary N) is 2.